The highest BCUT2D eigenvalue weighted by atomic mass is 16.2. The molecular weight excluding hydrogens is 262 g/mol. The molecule has 0 radical (unpaired) electrons. The largest absolute Gasteiger partial charge is 0.325 e. The molecule has 0 spiro atoms. The lowest BCUT2D eigenvalue weighted by Crippen LogP contribution is -2.37. The van der Waals surface area contributed by atoms with Gasteiger partial charge in [-0.2, -0.15) is 5.26 Å². The van der Waals surface area contributed by atoms with Gasteiger partial charge in [0.25, 0.3) is 0 Å². The second-order valence-corrected chi connectivity index (χ2v) is 4.82. The first-order chi connectivity index (χ1) is 10.2. The SMILES string of the molecule is N#CCc1ccc(NC(=O)[C@@H](N)Cc2ccccc2)cc1. The van der Waals surface area contributed by atoms with Gasteiger partial charge in [0.2, 0.25) is 5.91 Å². The standard InChI is InChI=1S/C17H17N3O/c18-11-10-13-6-8-15(9-7-13)20-17(21)16(19)12-14-4-2-1-3-5-14/h1-9,16H,10,12,19H2,(H,20,21)/t16-/m0/s1. The third-order valence-electron chi connectivity index (χ3n) is 3.14. The number of anilines is 1. The molecule has 3 N–H and O–H groups in total. The molecule has 2 aromatic rings. The highest BCUT2D eigenvalue weighted by molar-refractivity contribution is 5.94. The minimum absolute atomic E-state index is 0.216. The van der Waals surface area contributed by atoms with Crippen LogP contribution in [-0.4, -0.2) is 11.9 Å². The molecule has 0 saturated heterocycles. The van der Waals surface area contributed by atoms with E-state index in [0.29, 0.717) is 18.5 Å². The summed E-state index contributed by atoms with van der Waals surface area (Å²) in [6, 6.07) is 18.4. The first-order valence-electron chi connectivity index (χ1n) is 6.75. The van der Waals surface area contributed by atoms with Crippen LogP contribution in [0.15, 0.2) is 54.6 Å². The third kappa shape index (κ3) is 4.44. The average molecular weight is 279 g/mol. The number of carbonyl (C=O) groups excluding carboxylic acids is 1. The van der Waals surface area contributed by atoms with Crippen LogP contribution in [0.4, 0.5) is 5.69 Å². The zero-order valence-corrected chi connectivity index (χ0v) is 11.6. The van der Waals surface area contributed by atoms with Crippen molar-refractivity contribution in [1.82, 2.24) is 0 Å². The Balaban J connectivity index is 1.93. The molecule has 0 aliphatic rings. The van der Waals surface area contributed by atoms with Crippen molar-refractivity contribution in [2.45, 2.75) is 18.9 Å². The van der Waals surface area contributed by atoms with Crippen LogP contribution in [-0.2, 0) is 17.6 Å². The fourth-order valence-electron chi connectivity index (χ4n) is 1.99. The molecule has 0 heterocycles. The van der Waals surface area contributed by atoms with Gasteiger partial charge in [-0.15, -0.1) is 0 Å². The summed E-state index contributed by atoms with van der Waals surface area (Å²) in [6.07, 6.45) is 0.862. The van der Waals surface area contributed by atoms with Gasteiger partial charge >= 0.3 is 0 Å². The maximum absolute atomic E-state index is 12.0. The van der Waals surface area contributed by atoms with E-state index < -0.39 is 6.04 Å². The van der Waals surface area contributed by atoms with E-state index in [2.05, 4.69) is 11.4 Å². The Kier molecular flexibility index (Phi) is 5.08. The number of carbonyl (C=O) groups is 1. The number of rotatable bonds is 5. The van der Waals surface area contributed by atoms with Crippen molar-refractivity contribution in [3.8, 4) is 6.07 Å². The van der Waals surface area contributed by atoms with Crippen LogP contribution in [0.5, 0.6) is 0 Å². The summed E-state index contributed by atoms with van der Waals surface area (Å²) in [6.45, 7) is 0. The van der Waals surface area contributed by atoms with Crippen LogP contribution in [0.3, 0.4) is 0 Å². The number of benzene rings is 2. The summed E-state index contributed by atoms with van der Waals surface area (Å²) in [4.78, 5) is 12.0. The van der Waals surface area contributed by atoms with Crippen molar-refractivity contribution in [3.05, 3.63) is 65.7 Å². The lowest BCUT2D eigenvalue weighted by molar-refractivity contribution is -0.117. The number of hydrogen-bond donors (Lipinski definition) is 2. The second-order valence-electron chi connectivity index (χ2n) is 4.82. The Morgan fingerprint density at radius 1 is 1.10 bits per heavy atom. The van der Waals surface area contributed by atoms with Crippen molar-refractivity contribution in [1.29, 1.82) is 5.26 Å². The summed E-state index contributed by atoms with van der Waals surface area (Å²) in [5.41, 5.74) is 8.56. The summed E-state index contributed by atoms with van der Waals surface area (Å²) in [5, 5.41) is 11.4. The Hall–Kier alpha value is -2.64. The molecule has 2 aromatic carbocycles. The van der Waals surface area contributed by atoms with Crippen LogP contribution >= 0.6 is 0 Å². The molecule has 21 heavy (non-hydrogen) atoms. The lowest BCUT2D eigenvalue weighted by Gasteiger charge is -2.12. The fourth-order valence-corrected chi connectivity index (χ4v) is 1.99. The molecule has 1 atom stereocenters. The molecule has 2 rings (SSSR count). The monoisotopic (exact) mass is 279 g/mol. The van der Waals surface area contributed by atoms with E-state index in [-0.39, 0.29) is 5.91 Å². The van der Waals surface area contributed by atoms with Crippen LogP contribution in [0, 0.1) is 11.3 Å². The minimum Gasteiger partial charge on any atom is -0.325 e. The van der Waals surface area contributed by atoms with Crippen molar-refractivity contribution in [3.63, 3.8) is 0 Å². The van der Waals surface area contributed by atoms with Gasteiger partial charge < -0.3 is 11.1 Å². The molecule has 1 amide bonds. The van der Waals surface area contributed by atoms with Gasteiger partial charge in [0, 0.05) is 5.69 Å². The fraction of sp³-hybridized carbons (Fsp3) is 0.176. The maximum Gasteiger partial charge on any atom is 0.241 e. The topological polar surface area (TPSA) is 78.9 Å². The molecule has 4 nitrogen and oxygen atoms in total. The Labute approximate surface area is 124 Å². The number of nitrogens with two attached hydrogens (primary N) is 1. The number of nitrogens with zero attached hydrogens (tertiary/aromatic N) is 1. The quantitative estimate of drug-likeness (QED) is 0.881. The Morgan fingerprint density at radius 2 is 1.76 bits per heavy atom. The summed E-state index contributed by atoms with van der Waals surface area (Å²) in [5.74, 6) is -0.216. The highest BCUT2D eigenvalue weighted by Gasteiger charge is 2.14. The lowest BCUT2D eigenvalue weighted by atomic mass is 10.1. The maximum atomic E-state index is 12.0. The molecule has 0 aromatic heterocycles. The molecule has 0 saturated carbocycles. The van der Waals surface area contributed by atoms with Crippen molar-refractivity contribution in [2.24, 2.45) is 5.73 Å². The molecule has 0 unspecified atom stereocenters. The zero-order chi connectivity index (χ0) is 15.1. The van der Waals surface area contributed by atoms with Gasteiger partial charge in [0.05, 0.1) is 18.5 Å². The van der Waals surface area contributed by atoms with Gasteiger partial charge in [-0.05, 0) is 29.7 Å². The molecule has 106 valence electrons. The first kappa shape index (κ1) is 14.8. The number of hydrogen-bond acceptors (Lipinski definition) is 3. The van der Waals surface area contributed by atoms with Crippen molar-refractivity contribution in [2.75, 3.05) is 5.32 Å². The smallest absolute Gasteiger partial charge is 0.241 e. The molecular formula is C17H17N3O. The van der Waals surface area contributed by atoms with E-state index in [1.807, 2.05) is 42.5 Å². The zero-order valence-electron chi connectivity index (χ0n) is 11.6. The van der Waals surface area contributed by atoms with Gasteiger partial charge in [-0.25, -0.2) is 0 Å². The van der Waals surface area contributed by atoms with E-state index in [1.54, 1.807) is 12.1 Å². The predicted octanol–water partition coefficient (Wildman–Crippen LogP) is 2.26. The normalized spacial score (nSPS) is 11.4. The molecule has 0 fully saturated rings. The minimum atomic E-state index is -0.591. The van der Waals surface area contributed by atoms with Gasteiger partial charge in [0.15, 0.2) is 0 Å². The van der Waals surface area contributed by atoms with Crippen LogP contribution in [0.2, 0.25) is 0 Å². The molecule has 4 heteroatoms. The number of amides is 1. The van der Waals surface area contributed by atoms with Crippen molar-refractivity contribution < 1.29 is 4.79 Å². The van der Waals surface area contributed by atoms with Crippen LogP contribution < -0.4 is 11.1 Å². The van der Waals surface area contributed by atoms with Crippen LogP contribution in [0.25, 0.3) is 0 Å². The highest BCUT2D eigenvalue weighted by Crippen LogP contribution is 2.11. The van der Waals surface area contributed by atoms with E-state index in [1.165, 1.54) is 0 Å². The van der Waals surface area contributed by atoms with E-state index in [0.717, 1.165) is 11.1 Å². The van der Waals surface area contributed by atoms with Gasteiger partial charge in [0.1, 0.15) is 0 Å². The molecule has 0 bridgehead atoms. The number of nitriles is 1. The van der Waals surface area contributed by atoms with Crippen LogP contribution in [0.1, 0.15) is 11.1 Å². The van der Waals surface area contributed by atoms with Gasteiger partial charge in [-0.1, -0.05) is 42.5 Å². The Bertz CT molecular complexity index is 629. The van der Waals surface area contributed by atoms with E-state index in [9.17, 15) is 4.79 Å². The van der Waals surface area contributed by atoms with E-state index in [4.69, 9.17) is 11.0 Å². The number of nitrogens with one attached hydrogen (secondary N) is 1. The second kappa shape index (κ2) is 7.22. The van der Waals surface area contributed by atoms with E-state index >= 15 is 0 Å². The molecule has 0 aliphatic heterocycles. The molecule has 0 aliphatic carbocycles. The van der Waals surface area contributed by atoms with Crippen molar-refractivity contribution >= 4 is 11.6 Å². The Morgan fingerprint density at radius 3 is 2.38 bits per heavy atom. The first-order valence-corrected chi connectivity index (χ1v) is 6.75. The summed E-state index contributed by atoms with van der Waals surface area (Å²) < 4.78 is 0. The summed E-state index contributed by atoms with van der Waals surface area (Å²) >= 11 is 0. The summed E-state index contributed by atoms with van der Waals surface area (Å²) in [7, 11) is 0. The third-order valence-corrected chi connectivity index (χ3v) is 3.14. The van der Waals surface area contributed by atoms with Gasteiger partial charge in [-0.3, -0.25) is 4.79 Å². The predicted molar refractivity (Wildman–Crippen MR) is 82.5 cm³/mol. The average Bonchev–Trinajstić information content (AvgIpc) is 2.50.